The van der Waals surface area contributed by atoms with Crippen LogP contribution in [0.15, 0.2) is 30.6 Å². The smallest absolute Gasteiger partial charge is 0.336 e. The van der Waals surface area contributed by atoms with Crippen molar-refractivity contribution in [1.82, 2.24) is 4.98 Å². The van der Waals surface area contributed by atoms with E-state index in [4.69, 9.17) is 5.11 Å². The van der Waals surface area contributed by atoms with Gasteiger partial charge in [0.25, 0.3) is 0 Å². The van der Waals surface area contributed by atoms with Crippen molar-refractivity contribution >= 4 is 28.3 Å². The molecule has 0 saturated heterocycles. The molecule has 0 saturated carbocycles. The van der Waals surface area contributed by atoms with E-state index >= 15 is 0 Å². The van der Waals surface area contributed by atoms with Crippen molar-refractivity contribution < 1.29 is 14.7 Å². The molecule has 1 aromatic carbocycles. The first kappa shape index (κ1) is 11.1. The first-order chi connectivity index (χ1) is 8.09. The summed E-state index contributed by atoms with van der Waals surface area (Å²) in [6, 6.07) is 4.65. The van der Waals surface area contributed by atoms with Crippen LogP contribution in [-0.2, 0) is 4.79 Å². The maximum Gasteiger partial charge on any atom is 0.336 e. The molecule has 1 heterocycles. The van der Waals surface area contributed by atoms with E-state index < -0.39 is 5.97 Å². The molecule has 2 rings (SSSR count). The summed E-state index contributed by atoms with van der Waals surface area (Å²) in [4.78, 5) is 26.0. The van der Waals surface area contributed by atoms with Crippen molar-refractivity contribution in [3.05, 3.63) is 36.2 Å². The van der Waals surface area contributed by atoms with Crippen LogP contribution in [0, 0.1) is 0 Å². The van der Waals surface area contributed by atoms with E-state index in [9.17, 15) is 9.59 Å². The molecule has 2 N–H and O–H groups in total. The Hall–Kier alpha value is -2.43. The molecule has 1 aromatic heterocycles. The Kier molecular flexibility index (Phi) is 2.74. The van der Waals surface area contributed by atoms with Gasteiger partial charge in [0, 0.05) is 30.1 Å². The molecule has 5 nitrogen and oxygen atoms in total. The van der Waals surface area contributed by atoms with Crippen molar-refractivity contribution in [3.63, 3.8) is 0 Å². The molecule has 2 aromatic rings. The second-order valence-corrected chi connectivity index (χ2v) is 3.57. The number of fused-ring (bicyclic) bond motifs is 1. The summed E-state index contributed by atoms with van der Waals surface area (Å²) in [5.41, 5.74) is 0.752. The van der Waals surface area contributed by atoms with Crippen LogP contribution < -0.4 is 5.32 Å². The molecule has 0 atom stereocenters. The Bertz CT molecular complexity index is 608. The highest BCUT2D eigenvalue weighted by atomic mass is 16.4. The zero-order valence-electron chi connectivity index (χ0n) is 9.10. The lowest BCUT2D eigenvalue weighted by Crippen LogP contribution is -2.07. The van der Waals surface area contributed by atoms with E-state index in [0.29, 0.717) is 16.5 Å². The van der Waals surface area contributed by atoms with E-state index in [1.54, 1.807) is 12.1 Å². The molecule has 5 heteroatoms. The van der Waals surface area contributed by atoms with Gasteiger partial charge in [-0.3, -0.25) is 9.78 Å². The summed E-state index contributed by atoms with van der Waals surface area (Å²) >= 11 is 0. The van der Waals surface area contributed by atoms with Gasteiger partial charge in [0.05, 0.1) is 11.3 Å². The lowest BCUT2D eigenvalue weighted by Gasteiger charge is -2.08. The van der Waals surface area contributed by atoms with Gasteiger partial charge in [-0.05, 0) is 18.2 Å². The Morgan fingerprint density at radius 2 is 2.00 bits per heavy atom. The Balaban J connectivity index is 2.70. The number of pyridine rings is 1. The average molecular weight is 230 g/mol. The number of hydrogen-bond donors (Lipinski definition) is 2. The van der Waals surface area contributed by atoms with Gasteiger partial charge < -0.3 is 10.4 Å². The highest BCUT2D eigenvalue weighted by Crippen LogP contribution is 2.25. The number of carbonyl (C=O) groups is 2. The zero-order valence-corrected chi connectivity index (χ0v) is 9.10. The van der Waals surface area contributed by atoms with Gasteiger partial charge in [-0.15, -0.1) is 0 Å². The molecular formula is C12H10N2O3. The number of carboxylic acid groups (broad SMARTS) is 1. The maximum atomic E-state index is 11.0. The number of nitrogens with zero attached hydrogens (tertiary/aromatic N) is 1. The second kappa shape index (κ2) is 4.21. The van der Waals surface area contributed by atoms with Crippen LogP contribution in [0.25, 0.3) is 10.8 Å². The monoisotopic (exact) mass is 230 g/mol. The largest absolute Gasteiger partial charge is 0.478 e. The molecule has 0 aliphatic carbocycles. The van der Waals surface area contributed by atoms with Gasteiger partial charge >= 0.3 is 5.97 Å². The number of hydrogen-bond acceptors (Lipinski definition) is 3. The number of carboxylic acids is 1. The minimum Gasteiger partial charge on any atom is -0.478 e. The lowest BCUT2D eigenvalue weighted by molar-refractivity contribution is -0.114. The predicted molar refractivity (Wildman–Crippen MR) is 63.0 cm³/mol. The third-order valence-electron chi connectivity index (χ3n) is 2.36. The molecule has 0 aliphatic heterocycles. The van der Waals surface area contributed by atoms with Crippen LogP contribution in [0.5, 0.6) is 0 Å². The Morgan fingerprint density at radius 3 is 2.65 bits per heavy atom. The summed E-state index contributed by atoms with van der Waals surface area (Å²) in [7, 11) is 0. The molecule has 0 fully saturated rings. The molecular weight excluding hydrogens is 220 g/mol. The second-order valence-electron chi connectivity index (χ2n) is 3.57. The standard InChI is InChI=1S/C12H10N2O3/c1-7(15)14-11-3-2-9(12(16)17)8-4-5-13-6-10(8)11/h2-6H,1H3,(H,14,15)(H,16,17). The van der Waals surface area contributed by atoms with Gasteiger partial charge in [0.15, 0.2) is 0 Å². The fourth-order valence-corrected chi connectivity index (χ4v) is 1.68. The molecule has 0 unspecified atom stereocenters. The minimum atomic E-state index is -1.00. The number of amides is 1. The summed E-state index contributed by atoms with van der Waals surface area (Å²) in [5, 5.41) is 12.9. The molecule has 0 radical (unpaired) electrons. The first-order valence-corrected chi connectivity index (χ1v) is 4.97. The van der Waals surface area contributed by atoms with Gasteiger partial charge in [0.2, 0.25) is 5.91 Å². The molecule has 1 amide bonds. The van der Waals surface area contributed by atoms with Crippen LogP contribution in [0.1, 0.15) is 17.3 Å². The van der Waals surface area contributed by atoms with Crippen LogP contribution in [0.3, 0.4) is 0 Å². The third kappa shape index (κ3) is 2.08. The summed E-state index contributed by atoms with van der Waals surface area (Å²) in [6.07, 6.45) is 3.05. The van der Waals surface area contributed by atoms with Crippen molar-refractivity contribution in [2.24, 2.45) is 0 Å². The Labute approximate surface area is 97.1 Å². The number of benzene rings is 1. The van der Waals surface area contributed by atoms with Gasteiger partial charge in [0.1, 0.15) is 0 Å². The van der Waals surface area contributed by atoms with Crippen molar-refractivity contribution in [2.45, 2.75) is 6.92 Å². The highest BCUT2D eigenvalue weighted by molar-refractivity contribution is 6.09. The number of carbonyl (C=O) groups excluding carboxylic acids is 1. The topological polar surface area (TPSA) is 79.3 Å². The maximum absolute atomic E-state index is 11.0. The van der Waals surface area contributed by atoms with Gasteiger partial charge in [-0.1, -0.05) is 0 Å². The molecule has 86 valence electrons. The van der Waals surface area contributed by atoms with Crippen LogP contribution >= 0.6 is 0 Å². The quantitative estimate of drug-likeness (QED) is 0.825. The zero-order chi connectivity index (χ0) is 12.4. The predicted octanol–water partition coefficient (Wildman–Crippen LogP) is 1.89. The van der Waals surface area contributed by atoms with Crippen molar-refractivity contribution in [3.8, 4) is 0 Å². The number of anilines is 1. The van der Waals surface area contributed by atoms with E-state index in [-0.39, 0.29) is 11.5 Å². The molecule has 0 spiro atoms. The Morgan fingerprint density at radius 1 is 1.24 bits per heavy atom. The molecule has 0 aliphatic rings. The van der Waals surface area contributed by atoms with Crippen LogP contribution in [0.2, 0.25) is 0 Å². The lowest BCUT2D eigenvalue weighted by atomic mass is 10.0. The third-order valence-corrected chi connectivity index (χ3v) is 2.36. The highest BCUT2D eigenvalue weighted by Gasteiger charge is 2.11. The van der Waals surface area contributed by atoms with Crippen LogP contribution in [0.4, 0.5) is 5.69 Å². The normalized spacial score (nSPS) is 10.2. The number of aromatic carboxylic acids is 1. The first-order valence-electron chi connectivity index (χ1n) is 4.97. The van der Waals surface area contributed by atoms with Crippen LogP contribution in [-0.4, -0.2) is 22.0 Å². The minimum absolute atomic E-state index is 0.191. The summed E-state index contributed by atoms with van der Waals surface area (Å²) in [5.74, 6) is -1.21. The van der Waals surface area contributed by atoms with E-state index in [1.165, 1.54) is 25.4 Å². The van der Waals surface area contributed by atoms with Gasteiger partial charge in [-0.2, -0.15) is 0 Å². The van der Waals surface area contributed by atoms with Gasteiger partial charge in [-0.25, -0.2) is 4.79 Å². The van der Waals surface area contributed by atoms with E-state index in [1.807, 2.05) is 0 Å². The van der Waals surface area contributed by atoms with E-state index in [0.717, 1.165) is 0 Å². The fraction of sp³-hybridized carbons (Fsp3) is 0.0833. The number of aromatic nitrogens is 1. The molecule has 0 bridgehead atoms. The molecule has 17 heavy (non-hydrogen) atoms. The van der Waals surface area contributed by atoms with Crippen molar-refractivity contribution in [2.75, 3.05) is 5.32 Å². The summed E-state index contributed by atoms with van der Waals surface area (Å²) < 4.78 is 0. The van der Waals surface area contributed by atoms with Crippen molar-refractivity contribution in [1.29, 1.82) is 0 Å². The van der Waals surface area contributed by atoms with E-state index in [2.05, 4.69) is 10.3 Å². The number of rotatable bonds is 2. The SMILES string of the molecule is CC(=O)Nc1ccc(C(=O)O)c2ccncc12. The number of nitrogens with one attached hydrogen (secondary N) is 1. The summed E-state index contributed by atoms with van der Waals surface area (Å²) in [6.45, 7) is 1.40. The fourth-order valence-electron chi connectivity index (χ4n) is 1.68. The average Bonchev–Trinajstić information content (AvgIpc) is 2.28.